The van der Waals surface area contributed by atoms with E-state index in [1.54, 1.807) is 0 Å². The van der Waals surface area contributed by atoms with Gasteiger partial charge in [-0.1, -0.05) is 61.6 Å². The topological polar surface area (TPSA) is 59.8 Å². The number of hydrogen-bond donors (Lipinski definition) is 1. The number of amides is 1. The number of aromatic nitrogens is 3. The summed E-state index contributed by atoms with van der Waals surface area (Å²) in [7, 11) is 0. The van der Waals surface area contributed by atoms with Crippen molar-refractivity contribution in [2.45, 2.75) is 70.5 Å². The Morgan fingerprint density at radius 2 is 1.93 bits per heavy atom. The summed E-state index contributed by atoms with van der Waals surface area (Å²) in [6, 6.07) is 7.84. The Morgan fingerprint density at radius 1 is 1.19 bits per heavy atom. The van der Waals surface area contributed by atoms with Gasteiger partial charge in [0.2, 0.25) is 5.91 Å². The summed E-state index contributed by atoms with van der Waals surface area (Å²) in [5, 5.41) is 12.5. The zero-order valence-corrected chi connectivity index (χ0v) is 17.2. The minimum atomic E-state index is -0.0155. The van der Waals surface area contributed by atoms with Crippen LogP contribution in [0.5, 0.6) is 0 Å². The Bertz CT molecular complexity index is 735. The van der Waals surface area contributed by atoms with Gasteiger partial charge in [-0.2, -0.15) is 0 Å². The molecule has 1 saturated carbocycles. The van der Waals surface area contributed by atoms with Crippen molar-refractivity contribution in [3.63, 3.8) is 0 Å². The second-order valence-electron chi connectivity index (χ2n) is 7.39. The number of nitrogens with zero attached hydrogens (tertiary/aromatic N) is 3. The predicted molar refractivity (Wildman–Crippen MR) is 111 cm³/mol. The van der Waals surface area contributed by atoms with Crippen molar-refractivity contribution in [3.8, 4) is 0 Å². The van der Waals surface area contributed by atoms with Crippen LogP contribution in [0.25, 0.3) is 0 Å². The maximum atomic E-state index is 12.2. The fourth-order valence-electron chi connectivity index (χ4n) is 3.70. The number of carbonyl (C=O) groups excluding carboxylic acids is 1. The molecule has 2 aromatic rings. The molecule has 1 fully saturated rings. The molecule has 0 unspecified atom stereocenters. The number of nitrogens with one attached hydrogen (secondary N) is 1. The zero-order valence-electron chi connectivity index (χ0n) is 16.4. The molecule has 1 amide bonds. The first-order chi connectivity index (χ1) is 13.2. The summed E-state index contributed by atoms with van der Waals surface area (Å²) >= 11 is 1.46. The lowest BCUT2D eigenvalue weighted by atomic mass is 9.86. The quantitative estimate of drug-likeness (QED) is 0.659. The van der Waals surface area contributed by atoms with Crippen molar-refractivity contribution in [2.24, 2.45) is 5.92 Å². The van der Waals surface area contributed by atoms with Gasteiger partial charge >= 0.3 is 0 Å². The summed E-state index contributed by atoms with van der Waals surface area (Å²) in [4.78, 5) is 12.2. The standard InChI is InChI=1S/C21H30N4OS/c1-3-25-19(14-11-17-7-5-4-6-8-17)23-24-21(25)27-15-20(26)22-18-12-9-16(2)10-13-18/h9-10,12-13,17H,3-8,11,14-15H2,1-2H3,(H,22,26). The van der Waals surface area contributed by atoms with Crippen LogP contribution < -0.4 is 5.32 Å². The fraction of sp³-hybridized carbons (Fsp3) is 0.571. The molecule has 146 valence electrons. The average Bonchev–Trinajstić information content (AvgIpc) is 3.09. The highest BCUT2D eigenvalue weighted by atomic mass is 32.2. The lowest BCUT2D eigenvalue weighted by Gasteiger charge is -2.21. The molecule has 0 aliphatic heterocycles. The molecule has 0 saturated heterocycles. The number of rotatable bonds is 8. The summed E-state index contributed by atoms with van der Waals surface area (Å²) in [6.45, 7) is 4.99. The number of carbonyl (C=O) groups is 1. The van der Waals surface area contributed by atoms with Crippen molar-refractivity contribution in [3.05, 3.63) is 35.7 Å². The monoisotopic (exact) mass is 386 g/mol. The number of benzene rings is 1. The van der Waals surface area contributed by atoms with Gasteiger partial charge in [0.25, 0.3) is 0 Å². The van der Waals surface area contributed by atoms with E-state index in [0.717, 1.165) is 35.6 Å². The lowest BCUT2D eigenvalue weighted by molar-refractivity contribution is -0.113. The molecule has 0 radical (unpaired) electrons. The maximum absolute atomic E-state index is 12.2. The summed E-state index contributed by atoms with van der Waals surface area (Å²) < 4.78 is 2.16. The molecule has 3 rings (SSSR count). The highest BCUT2D eigenvalue weighted by molar-refractivity contribution is 7.99. The number of anilines is 1. The van der Waals surface area contributed by atoms with Gasteiger partial charge in [0.05, 0.1) is 5.75 Å². The average molecular weight is 387 g/mol. The summed E-state index contributed by atoms with van der Waals surface area (Å²) in [5.74, 6) is 2.23. The van der Waals surface area contributed by atoms with E-state index in [4.69, 9.17) is 0 Å². The van der Waals surface area contributed by atoms with E-state index in [1.165, 1.54) is 55.9 Å². The number of thioether (sulfide) groups is 1. The molecule has 0 atom stereocenters. The van der Waals surface area contributed by atoms with Crippen LogP contribution in [0, 0.1) is 12.8 Å². The van der Waals surface area contributed by atoms with Crippen LogP contribution in [0.15, 0.2) is 29.4 Å². The van der Waals surface area contributed by atoms with E-state index >= 15 is 0 Å². The molecular weight excluding hydrogens is 356 g/mol. The van der Waals surface area contributed by atoms with Gasteiger partial charge in [0.1, 0.15) is 5.82 Å². The lowest BCUT2D eigenvalue weighted by Crippen LogP contribution is -2.15. The molecule has 1 N–H and O–H groups in total. The van der Waals surface area contributed by atoms with Crippen molar-refractivity contribution in [2.75, 3.05) is 11.1 Å². The van der Waals surface area contributed by atoms with E-state index in [1.807, 2.05) is 31.2 Å². The Kier molecular flexibility index (Phi) is 7.33. The van der Waals surface area contributed by atoms with Crippen LogP contribution >= 0.6 is 11.8 Å². The second-order valence-corrected chi connectivity index (χ2v) is 8.33. The van der Waals surface area contributed by atoms with Gasteiger partial charge in [0, 0.05) is 18.7 Å². The van der Waals surface area contributed by atoms with Crippen LogP contribution in [-0.2, 0) is 17.8 Å². The summed E-state index contributed by atoms with van der Waals surface area (Å²) in [6.07, 6.45) is 9.07. The molecule has 1 aromatic carbocycles. The predicted octanol–water partition coefficient (Wildman–Crippen LogP) is 4.85. The van der Waals surface area contributed by atoms with E-state index < -0.39 is 0 Å². The molecule has 5 nitrogen and oxygen atoms in total. The Morgan fingerprint density at radius 3 is 2.63 bits per heavy atom. The molecule has 1 aliphatic rings. The van der Waals surface area contributed by atoms with Gasteiger partial charge < -0.3 is 9.88 Å². The minimum absolute atomic E-state index is 0.0155. The van der Waals surface area contributed by atoms with Gasteiger partial charge in [0.15, 0.2) is 5.16 Å². The van der Waals surface area contributed by atoms with Crippen LogP contribution in [0.2, 0.25) is 0 Å². The van der Waals surface area contributed by atoms with Gasteiger partial charge in [-0.05, 0) is 38.3 Å². The van der Waals surface area contributed by atoms with Crippen LogP contribution in [-0.4, -0.2) is 26.4 Å². The van der Waals surface area contributed by atoms with E-state index in [0.29, 0.717) is 5.75 Å². The van der Waals surface area contributed by atoms with E-state index in [-0.39, 0.29) is 5.91 Å². The first-order valence-electron chi connectivity index (χ1n) is 10.1. The summed E-state index contributed by atoms with van der Waals surface area (Å²) in [5.41, 5.74) is 2.01. The van der Waals surface area contributed by atoms with E-state index in [9.17, 15) is 4.79 Å². The third-order valence-electron chi connectivity index (χ3n) is 5.28. The SMILES string of the molecule is CCn1c(CCC2CCCCC2)nnc1SCC(=O)Nc1ccc(C)cc1. The molecule has 1 heterocycles. The zero-order chi connectivity index (χ0) is 19.1. The Balaban J connectivity index is 1.51. The van der Waals surface area contributed by atoms with Crippen molar-refractivity contribution in [1.29, 1.82) is 0 Å². The highest BCUT2D eigenvalue weighted by Crippen LogP contribution is 2.28. The Labute approximate surface area is 166 Å². The second kappa shape index (κ2) is 9.93. The number of hydrogen-bond acceptors (Lipinski definition) is 4. The molecular formula is C21H30N4OS. The third-order valence-corrected chi connectivity index (χ3v) is 6.25. The van der Waals surface area contributed by atoms with Crippen molar-refractivity contribution < 1.29 is 4.79 Å². The molecule has 1 aliphatic carbocycles. The van der Waals surface area contributed by atoms with Gasteiger partial charge in [-0.15, -0.1) is 10.2 Å². The number of aryl methyl sites for hydroxylation is 2. The first-order valence-corrected chi connectivity index (χ1v) is 11.1. The van der Waals surface area contributed by atoms with Crippen molar-refractivity contribution >= 4 is 23.4 Å². The first kappa shape index (κ1) is 19.9. The molecule has 6 heteroatoms. The smallest absolute Gasteiger partial charge is 0.234 e. The fourth-order valence-corrected chi connectivity index (χ4v) is 4.52. The molecule has 0 bridgehead atoms. The molecule has 0 spiro atoms. The third kappa shape index (κ3) is 5.83. The minimum Gasteiger partial charge on any atom is -0.325 e. The molecule has 27 heavy (non-hydrogen) atoms. The van der Waals surface area contributed by atoms with Crippen LogP contribution in [0.3, 0.4) is 0 Å². The van der Waals surface area contributed by atoms with Gasteiger partial charge in [-0.3, -0.25) is 4.79 Å². The van der Waals surface area contributed by atoms with E-state index in [2.05, 4.69) is 27.0 Å². The maximum Gasteiger partial charge on any atom is 0.234 e. The van der Waals surface area contributed by atoms with Crippen LogP contribution in [0.1, 0.15) is 56.8 Å². The Hall–Kier alpha value is -1.82. The molecule has 1 aromatic heterocycles. The van der Waals surface area contributed by atoms with Gasteiger partial charge in [-0.25, -0.2) is 0 Å². The largest absolute Gasteiger partial charge is 0.325 e. The van der Waals surface area contributed by atoms with Crippen molar-refractivity contribution in [1.82, 2.24) is 14.8 Å². The highest BCUT2D eigenvalue weighted by Gasteiger charge is 2.17. The van der Waals surface area contributed by atoms with Crippen LogP contribution in [0.4, 0.5) is 5.69 Å². The normalized spacial score (nSPS) is 15.0.